The molecule has 0 atom stereocenters. The van der Waals surface area contributed by atoms with Crippen molar-refractivity contribution in [3.63, 3.8) is 0 Å². The molecular weight excluding hydrogens is 380 g/mol. The molecule has 0 aromatic rings. The number of nitrogens with two attached hydrogens (primary N) is 7. The van der Waals surface area contributed by atoms with E-state index in [0.29, 0.717) is 32.7 Å². The molecule has 0 heterocycles. The van der Waals surface area contributed by atoms with Gasteiger partial charge in [-0.25, -0.2) is 19.5 Å². The van der Waals surface area contributed by atoms with Crippen molar-refractivity contribution in [2.75, 3.05) is 52.4 Å². The van der Waals surface area contributed by atoms with E-state index in [2.05, 4.69) is 26.3 Å². The maximum atomic E-state index is 9.71. The number of isocyanates is 2. The molecule has 0 aliphatic heterocycles. The molecule has 0 spiro atoms. The Bertz CT molecular complexity index is 396. The van der Waals surface area contributed by atoms with Gasteiger partial charge in [0.15, 0.2) is 0 Å². The lowest BCUT2D eigenvalue weighted by Gasteiger charge is -1.82. The first-order valence-electron chi connectivity index (χ1n) is 7.19. The molecule has 168 valence electrons. The van der Waals surface area contributed by atoms with E-state index >= 15 is 0 Å². The van der Waals surface area contributed by atoms with Gasteiger partial charge in [-0.15, -0.1) is 0 Å². The molecular formula is C12H34N10O6. The van der Waals surface area contributed by atoms with E-state index in [9.17, 15) is 19.2 Å². The third-order valence-corrected chi connectivity index (χ3v) is 1.18. The van der Waals surface area contributed by atoms with Crippen molar-refractivity contribution < 1.29 is 29.3 Å². The van der Waals surface area contributed by atoms with Crippen LogP contribution >= 0.6 is 0 Å². The Morgan fingerprint density at radius 2 is 1.25 bits per heavy atom. The van der Waals surface area contributed by atoms with E-state index in [1.165, 1.54) is 12.2 Å². The van der Waals surface area contributed by atoms with E-state index < -0.39 is 11.8 Å². The molecule has 0 radical (unpaired) electrons. The van der Waals surface area contributed by atoms with Gasteiger partial charge in [0.1, 0.15) is 6.54 Å². The second kappa shape index (κ2) is 49.7. The summed E-state index contributed by atoms with van der Waals surface area (Å²) in [5, 5.41) is 7.49. The largest absolute Gasteiger partial charge is 0.369 e. The SMILES string of the molecule is N.NC(=O)CN=C=O.NCC(N)=O.NCCN.NCCN=C=O.NCCOO. The summed E-state index contributed by atoms with van der Waals surface area (Å²) >= 11 is 0. The van der Waals surface area contributed by atoms with Gasteiger partial charge in [-0.1, -0.05) is 0 Å². The zero-order valence-corrected chi connectivity index (χ0v) is 15.8. The Balaban J connectivity index is -0.0000000542. The number of amides is 2. The zero-order valence-electron chi connectivity index (χ0n) is 15.8. The van der Waals surface area contributed by atoms with Gasteiger partial charge in [-0.05, 0) is 0 Å². The quantitative estimate of drug-likeness (QED) is 0.0779. The lowest BCUT2D eigenvalue weighted by Crippen LogP contribution is -2.21. The molecule has 16 nitrogen and oxygen atoms in total. The Morgan fingerprint density at radius 1 is 0.821 bits per heavy atom. The number of aliphatic imine (C=N–C) groups is 2. The maximum Gasteiger partial charge on any atom is 0.240 e. The summed E-state index contributed by atoms with van der Waals surface area (Å²) < 4.78 is 0. The lowest BCUT2D eigenvalue weighted by molar-refractivity contribution is -0.239. The topological polar surface area (TPSA) is 340 Å². The summed E-state index contributed by atoms with van der Waals surface area (Å²) in [6.07, 6.45) is 2.54. The fourth-order valence-corrected chi connectivity index (χ4v) is 0.273. The third kappa shape index (κ3) is 133. The van der Waals surface area contributed by atoms with Crippen LogP contribution < -0.4 is 46.3 Å². The summed E-state index contributed by atoms with van der Waals surface area (Å²) in [5.74, 6) is -1.09. The molecule has 0 aliphatic rings. The van der Waals surface area contributed by atoms with E-state index in [1.807, 2.05) is 0 Å². The number of carbonyl (C=O) groups excluding carboxylic acids is 4. The van der Waals surface area contributed by atoms with Crippen LogP contribution in [0.3, 0.4) is 0 Å². The van der Waals surface area contributed by atoms with Crippen molar-refractivity contribution >= 4 is 24.0 Å². The molecule has 0 saturated carbocycles. The first-order chi connectivity index (χ1) is 12.8. The molecule has 18 N–H and O–H groups in total. The van der Waals surface area contributed by atoms with Gasteiger partial charge >= 0.3 is 0 Å². The van der Waals surface area contributed by atoms with Crippen molar-refractivity contribution in [1.29, 1.82) is 0 Å². The van der Waals surface area contributed by atoms with Crippen LogP contribution in [0.2, 0.25) is 0 Å². The molecule has 0 bridgehead atoms. The predicted octanol–water partition coefficient (Wildman–Crippen LogP) is -4.98. The Kier molecular flexibility index (Phi) is 71.3. The molecule has 0 aliphatic carbocycles. The highest BCUT2D eigenvalue weighted by atomic mass is 17.1. The maximum absolute atomic E-state index is 9.71. The van der Waals surface area contributed by atoms with Crippen LogP contribution in [0.1, 0.15) is 0 Å². The summed E-state index contributed by atoms with van der Waals surface area (Å²) in [4.78, 5) is 47.2. The highest BCUT2D eigenvalue weighted by Gasteiger charge is 1.84. The van der Waals surface area contributed by atoms with Crippen molar-refractivity contribution in [2.24, 2.45) is 50.1 Å². The predicted molar refractivity (Wildman–Crippen MR) is 103 cm³/mol. The van der Waals surface area contributed by atoms with Gasteiger partial charge in [0.2, 0.25) is 24.0 Å². The van der Waals surface area contributed by atoms with Gasteiger partial charge < -0.3 is 46.3 Å². The van der Waals surface area contributed by atoms with E-state index in [1.54, 1.807) is 0 Å². The van der Waals surface area contributed by atoms with Crippen LogP contribution in [0.4, 0.5) is 0 Å². The van der Waals surface area contributed by atoms with Gasteiger partial charge in [0.05, 0.1) is 19.7 Å². The standard InChI is InChI=1S/C3H4N2O2.C3H6N2O.C2H6N2O.C2H8N2.C2H7NO2.H3N/c4-3(7)1-5-2-6;4-1-2-5-3-6;3-1-2(4)5;3-1-2-4;3-1-2-5-4;/h1H2,(H2,4,7);1-2,4H2;1,3H2,(H2,4,5);1-4H2;4H,1-3H2;1H3. The third-order valence-electron chi connectivity index (χ3n) is 1.18. The molecule has 0 saturated heterocycles. The average molecular weight is 414 g/mol. The van der Waals surface area contributed by atoms with Crippen molar-refractivity contribution in [1.82, 2.24) is 6.15 Å². The minimum atomic E-state index is -0.622. The van der Waals surface area contributed by atoms with Crippen LogP contribution in [-0.2, 0) is 24.1 Å². The fraction of sp³-hybridized carbons (Fsp3) is 0.667. The summed E-state index contributed by atoms with van der Waals surface area (Å²) in [6, 6.07) is 0. The van der Waals surface area contributed by atoms with Crippen molar-refractivity contribution in [3.8, 4) is 0 Å². The molecule has 0 rings (SSSR count). The first kappa shape index (κ1) is 40.2. The van der Waals surface area contributed by atoms with Crippen molar-refractivity contribution in [3.05, 3.63) is 0 Å². The number of hydrogen-bond donors (Lipinski definition) is 9. The van der Waals surface area contributed by atoms with Crippen LogP contribution in [0.25, 0.3) is 0 Å². The Labute approximate surface area is 163 Å². The van der Waals surface area contributed by atoms with Gasteiger partial charge in [0, 0.05) is 26.2 Å². The van der Waals surface area contributed by atoms with E-state index in [-0.39, 0.29) is 25.8 Å². The van der Waals surface area contributed by atoms with Gasteiger partial charge in [0.25, 0.3) is 0 Å². The van der Waals surface area contributed by atoms with Gasteiger partial charge in [-0.2, -0.15) is 4.99 Å². The Morgan fingerprint density at radius 3 is 1.32 bits per heavy atom. The highest BCUT2D eigenvalue weighted by molar-refractivity contribution is 5.76. The first-order valence-corrected chi connectivity index (χ1v) is 7.19. The number of carbonyl (C=O) groups is 2. The summed E-state index contributed by atoms with van der Waals surface area (Å²) in [6.45, 7) is 2.29. The van der Waals surface area contributed by atoms with E-state index in [4.69, 9.17) is 33.9 Å². The smallest absolute Gasteiger partial charge is 0.240 e. The van der Waals surface area contributed by atoms with Gasteiger partial charge in [-0.3, -0.25) is 14.8 Å². The number of primary amides is 2. The average Bonchev–Trinajstić information content (AvgIpc) is 2.66. The van der Waals surface area contributed by atoms with Crippen LogP contribution in [-0.4, -0.2) is 81.7 Å². The highest BCUT2D eigenvalue weighted by Crippen LogP contribution is 1.58. The molecule has 0 aromatic heterocycles. The second-order valence-corrected chi connectivity index (χ2v) is 3.51. The molecule has 16 heteroatoms. The van der Waals surface area contributed by atoms with Crippen LogP contribution in [0.15, 0.2) is 9.98 Å². The number of hydrogen-bond acceptors (Lipinski definition) is 14. The summed E-state index contributed by atoms with van der Waals surface area (Å²) in [7, 11) is 0. The minimum Gasteiger partial charge on any atom is -0.369 e. The van der Waals surface area contributed by atoms with E-state index in [0.717, 1.165) is 0 Å². The second-order valence-electron chi connectivity index (χ2n) is 3.51. The number of nitrogens with zero attached hydrogens (tertiary/aromatic N) is 2. The molecule has 0 fully saturated rings. The minimum absolute atomic E-state index is 0. The molecule has 2 amide bonds. The lowest BCUT2D eigenvalue weighted by atomic mass is 10.6. The molecule has 0 unspecified atom stereocenters. The van der Waals surface area contributed by atoms with Crippen molar-refractivity contribution in [2.45, 2.75) is 0 Å². The van der Waals surface area contributed by atoms with Crippen LogP contribution in [0.5, 0.6) is 0 Å². The van der Waals surface area contributed by atoms with Crippen LogP contribution in [0, 0.1) is 0 Å². The zero-order chi connectivity index (χ0) is 22.3. The normalized spacial score (nSPS) is 7.07. The number of rotatable bonds is 8. The Hall–Kier alpha value is -2.62. The molecule has 28 heavy (non-hydrogen) atoms. The molecule has 0 aromatic carbocycles. The fourth-order valence-electron chi connectivity index (χ4n) is 0.273. The summed E-state index contributed by atoms with van der Waals surface area (Å²) in [5.41, 5.74) is 33.4. The monoisotopic (exact) mass is 414 g/mol.